The van der Waals surface area contributed by atoms with Crippen molar-refractivity contribution in [3.8, 4) is 12.3 Å². The molecule has 1 amide bonds. The molecule has 3 nitrogen and oxygen atoms in total. The molecule has 0 bridgehead atoms. The van der Waals surface area contributed by atoms with Crippen LogP contribution in [0, 0.1) is 12.3 Å². The summed E-state index contributed by atoms with van der Waals surface area (Å²) >= 11 is 0. The molecule has 0 rings (SSSR count). The lowest BCUT2D eigenvalue weighted by Gasteiger charge is -2.22. The van der Waals surface area contributed by atoms with Crippen LogP contribution in [0.5, 0.6) is 0 Å². The molecule has 0 aromatic rings. The number of alkyl carbamates (subject to hydrolysis) is 1. The number of amides is 1. The number of terminal acetylenes is 1. The highest BCUT2D eigenvalue weighted by molar-refractivity contribution is 5.68. The first kappa shape index (κ1) is 12.8. The van der Waals surface area contributed by atoms with Gasteiger partial charge in [0.25, 0.3) is 0 Å². The van der Waals surface area contributed by atoms with Gasteiger partial charge in [0.15, 0.2) is 0 Å². The average Bonchev–Trinajstić information content (AvgIpc) is 2.00. The summed E-state index contributed by atoms with van der Waals surface area (Å²) in [4.78, 5) is 11.3. The van der Waals surface area contributed by atoms with Crippen molar-refractivity contribution in [2.24, 2.45) is 0 Å². The maximum Gasteiger partial charge on any atom is 0.407 e. The number of hydrogen-bond acceptors (Lipinski definition) is 2. The van der Waals surface area contributed by atoms with Crippen molar-refractivity contribution in [1.29, 1.82) is 0 Å². The smallest absolute Gasteiger partial charge is 0.407 e. The molecular weight excluding hydrogens is 178 g/mol. The quantitative estimate of drug-likeness (QED) is 0.705. The third-order valence-electron chi connectivity index (χ3n) is 1.58. The molecule has 0 saturated heterocycles. The van der Waals surface area contributed by atoms with Crippen molar-refractivity contribution < 1.29 is 9.53 Å². The van der Waals surface area contributed by atoms with E-state index in [1.165, 1.54) is 0 Å². The first-order valence-electron chi connectivity index (χ1n) is 4.82. The molecule has 0 heterocycles. The van der Waals surface area contributed by atoms with E-state index < -0.39 is 11.7 Å². The summed E-state index contributed by atoms with van der Waals surface area (Å²) < 4.78 is 5.10. The number of ether oxygens (including phenoxy) is 1. The second-order valence-electron chi connectivity index (χ2n) is 4.16. The minimum atomic E-state index is -0.460. The Morgan fingerprint density at radius 1 is 1.57 bits per heavy atom. The Morgan fingerprint density at radius 2 is 2.14 bits per heavy atom. The molecule has 0 aliphatic heterocycles. The van der Waals surface area contributed by atoms with Gasteiger partial charge in [-0.15, -0.1) is 12.3 Å². The molecule has 0 radical (unpaired) electrons. The third-order valence-corrected chi connectivity index (χ3v) is 1.58. The zero-order valence-electron chi connectivity index (χ0n) is 9.39. The van der Waals surface area contributed by atoms with E-state index in [1.54, 1.807) is 0 Å². The minimum absolute atomic E-state index is 0.00912. The topological polar surface area (TPSA) is 38.3 Å². The molecule has 0 saturated carbocycles. The molecule has 0 aliphatic rings. The van der Waals surface area contributed by atoms with Crippen LogP contribution in [0.4, 0.5) is 4.79 Å². The Balaban J connectivity index is 3.98. The number of carbonyl (C=O) groups is 1. The van der Waals surface area contributed by atoms with Crippen LogP contribution >= 0.6 is 0 Å². The van der Waals surface area contributed by atoms with Gasteiger partial charge in [-0.2, -0.15) is 0 Å². The summed E-state index contributed by atoms with van der Waals surface area (Å²) in [6.07, 6.45) is 6.11. The van der Waals surface area contributed by atoms with Crippen molar-refractivity contribution >= 4 is 6.09 Å². The number of nitrogens with one attached hydrogen (secondary N) is 1. The number of hydrogen-bond donors (Lipinski definition) is 1. The van der Waals surface area contributed by atoms with Crippen LogP contribution in [-0.4, -0.2) is 17.7 Å². The molecule has 1 atom stereocenters. The van der Waals surface area contributed by atoms with E-state index in [1.807, 2.05) is 27.7 Å². The van der Waals surface area contributed by atoms with Crippen molar-refractivity contribution in [2.45, 2.75) is 52.2 Å². The van der Waals surface area contributed by atoms with E-state index in [9.17, 15) is 4.79 Å². The molecular formula is C11H19NO2. The van der Waals surface area contributed by atoms with Crippen LogP contribution in [0.3, 0.4) is 0 Å². The summed E-state index contributed by atoms with van der Waals surface area (Å²) in [7, 11) is 0. The van der Waals surface area contributed by atoms with Gasteiger partial charge >= 0.3 is 6.09 Å². The van der Waals surface area contributed by atoms with Crippen LogP contribution in [0.1, 0.15) is 40.5 Å². The fourth-order valence-electron chi connectivity index (χ4n) is 0.914. The Bertz CT molecular complexity index is 222. The maximum absolute atomic E-state index is 11.3. The van der Waals surface area contributed by atoms with Gasteiger partial charge in [0, 0.05) is 12.5 Å². The SMILES string of the molecule is C#CC[C@H](CC)NC(=O)OC(C)(C)C. The van der Waals surface area contributed by atoms with Gasteiger partial charge in [-0.1, -0.05) is 6.92 Å². The van der Waals surface area contributed by atoms with E-state index in [0.29, 0.717) is 6.42 Å². The molecule has 3 heteroatoms. The Morgan fingerprint density at radius 3 is 2.50 bits per heavy atom. The lowest BCUT2D eigenvalue weighted by atomic mass is 10.1. The fourth-order valence-corrected chi connectivity index (χ4v) is 0.914. The maximum atomic E-state index is 11.3. The predicted octanol–water partition coefficient (Wildman–Crippen LogP) is 2.31. The van der Waals surface area contributed by atoms with Gasteiger partial charge in [0.05, 0.1) is 0 Å². The molecule has 14 heavy (non-hydrogen) atoms. The Hall–Kier alpha value is -1.17. The summed E-state index contributed by atoms with van der Waals surface area (Å²) in [6.45, 7) is 7.46. The minimum Gasteiger partial charge on any atom is -0.444 e. The third kappa shape index (κ3) is 6.36. The second-order valence-corrected chi connectivity index (χ2v) is 4.16. The number of rotatable bonds is 3. The van der Waals surface area contributed by atoms with Gasteiger partial charge in [0.1, 0.15) is 5.60 Å². The lowest BCUT2D eigenvalue weighted by Crippen LogP contribution is -2.38. The van der Waals surface area contributed by atoms with Gasteiger partial charge in [-0.3, -0.25) is 0 Å². The molecule has 0 spiro atoms. The standard InChI is InChI=1S/C11H19NO2/c1-6-8-9(7-2)12-10(13)14-11(3,4)5/h1,9H,7-8H2,2-5H3,(H,12,13)/t9-/m0/s1. The van der Waals surface area contributed by atoms with Crippen molar-refractivity contribution in [3.05, 3.63) is 0 Å². The monoisotopic (exact) mass is 197 g/mol. The average molecular weight is 197 g/mol. The van der Waals surface area contributed by atoms with Gasteiger partial charge in [-0.05, 0) is 27.2 Å². The van der Waals surface area contributed by atoms with Crippen molar-refractivity contribution in [2.75, 3.05) is 0 Å². The van der Waals surface area contributed by atoms with Crippen LogP contribution in [-0.2, 0) is 4.74 Å². The summed E-state index contributed by atoms with van der Waals surface area (Å²) in [5.74, 6) is 2.52. The van der Waals surface area contributed by atoms with E-state index in [2.05, 4.69) is 11.2 Å². The van der Waals surface area contributed by atoms with E-state index in [0.717, 1.165) is 6.42 Å². The van der Waals surface area contributed by atoms with Crippen molar-refractivity contribution in [3.63, 3.8) is 0 Å². The normalized spacial score (nSPS) is 12.8. The fraction of sp³-hybridized carbons (Fsp3) is 0.727. The first-order chi connectivity index (χ1) is 6.39. The Kier molecular flexibility index (Phi) is 5.07. The summed E-state index contributed by atoms with van der Waals surface area (Å²) in [6, 6.07) is 0.00912. The molecule has 0 fully saturated rings. The van der Waals surface area contributed by atoms with E-state index in [-0.39, 0.29) is 6.04 Å². The molecule has 0 unspecified atom stereocenters. The molecule has 1 N–H and O–H groups in total. The highest BCUT2D eigenvalue weighted by Crippen LogP contribution is 2.07. The van der Waals surface area contributed by atoms with E-state index >= 15 is 0 Å². The first-order valence-corrected chi connectivity index (χ1v) is 4.82. The second kappa shape index (κ2) is 5.54. The highest BCUT2D eigenvalue weighted by atomic mass is 16.6. The largest absolute Gasteiger partial charge is 0.444 e. The molecule has 0 aromatic heterocycles. The highest BCUT2D eigenvalue weighted by Gasteiger charge is 2.17. The molecule has 80 valence electrons. The van der Waals surface area contributed by atoms with Crippen LogP contribution < -0.4 is 5.32 Å². The van der Waals surface area contributed by atoms with Crippen LogP contribution in [0.15, 0.2) is 0 Å². The van der Waals surface area contributed by atoms with Gasteiger partial charge < -0.3 is 10.1 Å². The Labute approximate surface area is 86.2 Å². The van der Waals surface area contributed by atoms with Crippen molar-refractivity contribution in [1.82, 2.24) is 5.32 Å². The summed E-state index contributed by atoms with van der Waals surface area (Å²) in [5, 5.41) is 2.72. The lowest BCUT2D eigenvalue weighted by molar-refractivity contribution is 0.0504. The predicted molar refractivity (Wildman–Crippen MR) is 56.9 cm³/mol. The zero-order valence-corrected chi connectivity index (χ0v) is 9.39. The van der Waals surface area contributed by atoms with Gasteiger partial charge in [-0.25, -0.2) is 4.79 Å². The van der Waals surface area contributed by atoms with Crippen LogP contribution in [0.25, 0.3) is 0 Å². The number of carbonyl (C=O) groups excluding carboxylic acids is 1. The molecule has 0 aliphatic carbocycles. The van der Waals surface area contributed by atoms with Gasteiger partial charge in [0.2, 0.25) is 0 Å². The molecule has 0 aromatic carbocycles. The summed E-state index contributed by atoms with van der Waals surface area (Å²) in [5.41, 5.74) is -0.460. The van der Waals surface area contributed by atoms with Crippen LogP contribution in [0.2, 0.25) is 0 Å². The van der Waals surface area contributed by atoms with E-state index in [4.69, 9.17) is 11.2 Å². The zero-order chi connectivity index (χ0) is 11.2.